The second kappa shape index (κ2) is 6.49. The highest BCUT2D eigenvalue weighted by Crippen LogP contribution is 2.23. The van der Waals surface area contributed by atoms with Crippen molar-refractivity contribution in [3.63, 3.8) is 0 Å². The summed E-state index contributed by atoms with van der Waals surface area (Å²) in [5, 5.41) is 13.7. The van der Waals surface area contributed by atoms with Crippen LogP contribution in [0.1, 0.15) is 12.8 Å². The molecule has 1 saturated heterocycles. The number of nitrogens with zero attached hydrogens (tertiary/aromatic N) is 4. The first-order chi connectivity index (χ1) is 11.6. The van der Waals surface area contributed by atoms with E-state index in [2.05, 4.69) is 15.3 Å². The molecule has 0 aliphatic carbocycles. The third-order valence-electron chi connectivity index (χ3n) is 3.80. The van der Waals surface area contributed by atoms with Crippen LogP contribution < -0.4 is 16.0 Å². The Bertz CT molecular complexity index is 767. The lowest BCUT2D eigenvalue weighted by Crippen LogP contribution is -2.48. The fourth-order valence-corrected chi connectivity index (χ4v) is 2.63. The van der Waals surface area contributed by atoms with Crippen LogP contribution in [0.3, 0.4) is 0 Å². The van der Waals surface area contributed by atoms with E-state index in [0.29, 0.717) is 13.0 Å². The Morgan fingerprint density at radius 2 is 2.08 bits per heavy atom. The molecule has 1 aliphatic heterocycles. The lowest BCUT2D eigenvalue weighted by molar-refractivity contribution is -0.384. The molecule has 2 heterocycles. The van der Waals surface area contributed by atoms with Gasteiger partial charge in [-0.3, -0.25) is 14.9 Å². The molecule has 1 amide bonds. The number of carbonyl (C=O) groups excluding carboxylic acids is 1. The number of benzene rings is 1. The Kier molecular flexibility index (Phi) is 4.23. The van der Waals surface area contributed by atoms with E-state index in [0.717, 1.165) is 18.3 Å². The van der Waals surface area contributed by atoms with Crippen molar-refractivity contribution in [2.24, 2.45) is 0 Å². The zero-order valence-electron chi connectivity index (χ0n) is 12.8. The minimum atomic E-state index is -0.651. The van der Waals surface area contributed by atoms with Gasteiger partial charge in [0.15, 0.2) is 0 Å². The molecule has 9 nitrogen and oxygen atoms in total. The molecule has 1 aromatic heterocycles. The number of nitrogens with one attached hydrogen (secondary N) is 1. The maximum Gasteiger partial charge on any atom is 0.329 e. The predicted molar refractivity (Wildman–Crippen MR) is 88.5 cm³/mol. The van der Waals surface area contributed by atoms with E-state index >= 15 is 0 Å². The molecule has 1 atom stereocenters. The van der Waals surface area contributed by atoms with Crippen molar-refractivity contribution in [2.75, 3.05) is 22.5 Å². The van der Waals surface area contributed by atoms with Crippen LogP contribution in [0.15, 0.2) is 36.5 Å². The van der Waals surface area contributed by atoms with Gasteiger partial charge >= 0.3 is 5.69 Å². The SMILES string of the molecule is Nc1nc(N[C@H]2CCCN(c3ccccc3)C2=O)ncc1[N+](=O)[O-]. The van der Waals surface area contributed by atoms with Crippen LogP contribution in [0.2, 0.25) is 0 Å². The highest BCUT2D eigenvalue weighted by atomic mass is 16.6. The zero-order chi connectivity index (χ0) is 17.1. The highest BCUT2D eigenvalue weighted by molar-refractivity contribution is 5.99. The van der Waals surface area contributed by atoms with Gasteiger partial charge in [0.2, 0.25) is 17.7 Å². The molecule has 2 aromatic rings. The van der Waals surface area contributed by atoms with E-state index in [1.165, 1.54) is 0 Å². The third kappa shape index (κ3) is 3.09. The first-order valence-corrected chi connectivity index (χ1v) is 7.46. The molecule has 0 radical (unpaired) electrons. The Balaban J connectivity index is 1.76. The minimum absolute atomic E-state index is 0.0898. The molecule has 0 saturated carbocycles. The number of hydrogen-bond donors (Lipinski definition) is 2. The van der Waals surface area contributed by atoms with Crippen molar-refractivity contribution in [1.29, 1.82) is 0 Å². The molecule has 24 heavy (non-hydrogen) atoms. The van der Waals surface area contributed by atoms with Gasteiger partial charge < -0.3 is 16.0 Å². The summed E-state index contributed by atoms with van der Waals surface area (Å²) in [6, 6.07) is 8.89. The number of nitrogens with two attached hydrogens (primary N) is 1. The number of carbonyl (C=O) groups is 1. The van der Waals surface area contributed by atoms with Crippen LogP contribution >= 0.6 is 0 Å². The summed E-state index contributed by atoms with van der Waals surface area (Å²) in [5.74, 6) is -0.222. The average molecular weight is 328 g/mol. The molecular weight excluding hydrogens is 312 g/mol. The fraction of sp³-hybridized carbons (Fsp3) is 0.267. The Morgan fingerprint density at radius 3 is 2.75 bits per heavy atom. The number of nitro groups is 1. The van der Waals surface area contributed by atoms with Gasteiger partial charge in [-0.15, -0.1) is 0 Å². The second-order valence-electron chi connectivity index (χ2n) is 5.39. The summed E-state index contributed by atoms with van der Waals surface area (Å²) in [6.45, 7) is 0.643. The van der Waals surface area contributed by atoms with Crippen LogP contribution in [-0.2, 0) is 4.79 Å². The average Bonchev–Trinajstić information content (AvgIpc) is 2.57. The van der Waals surface area contributed by atoms with E-state index in [1.807, 2.05) is 30.3 Å². The van der Waals surface area contributed by atoms with Crippen LogP contribution in [0.4, 0.5) is 23.1 Å². The molecule has 3 N–H and O–H groups in total. The number of aromatic nitrogens is 2. The van der Waals surface area contributed by atoms with E-state index in [4.69, 9.17) is 5.73 Å². The minimum Gasteiger partial charge on any atom is -0.378 e. The van der Waals surface area contributed by atoms with E-state index in [9.17, 15) is 14.9 Å². The van der Waals surface area contributed by atoms with Crippen molar-refractivity contribution in [3.8, 4) is 0 Å². The standard InChI is InChI=1S/C15H16N6O3/c16-13-12(21(23)24)9-17-15(19-13)18-11-7-4-8-20(14(11)22)10-5-2-1-3-6-10/h1-3,5-6,9,11H,4,7-8H2,(H3,16,17,18,19)/t11-/m0/s1. The number of rotatable bonds is 4. The van der Waals surface area contributed by atoms with Crippen molar-refractivity contribution in [3.05, 3.63) is 46.6 Å². The normalized spacial score (nSPS) is 17.6. The van der Waals surface area contributed by atoms with E-state index < -0.39 is 11.0 Å². The topological polar surface area (TPSA) is 127 Å². The summed E-state index contributed by atoms with van der Waals surface area (Å²) < 4.78 is 0. The molecule has 0 spiro atoms. The van der Waals surface area contributed by atoms with Gasteiger partial charge in [-0.05, 0) is 25.0 Å². The molecule has 1 aromatic carbocycles. The van der Waals surface area contributed by atoms with Crippen LogP contribution in [0, 0.1) is 10.1 Å². The molecule has 0 bridgehead atoms. The molecule has 1 aliphatic rings. The van der Waals surface area contributed by atoms with Gasteiger partial charge in [0.25, 0.3) is 0 Å². The van der Waals surface area contributed by atoms with Crippen LogP contribution in [0.25, 0.3) is 0 Å². The lowest BCUT2D eigenvalue weighted by Gasteiger charge is -2.32. The first kappa shape index (κ1) is 15.7. The van der Waals surface area contributed by atoms with Crippen molar-refractivity contribution in [1.82, 2.24) is 9.97 Å². The van der Waals surface area contributed by atoms with Gasteiger partial charge in [-0.1, -0.05) is 18.2 Å². The van der Waals surface area contributed by atoms with Gasteiger partial charge in [-0.25, -0.2) is 4.98 Å². The zero-order valence-corrected chi connectivity index (χ0v) is 12.8. The summed E-state index contributed by atoms with van der Waals surface area (Å²) in [6.07, 6.45) is 2.48. The summed E-state index contributed by atoms with van der Waals surface area (Å²) >= 11 is 0. The monoisotopic (exact) mass is 328 g/mol. The van der Waals surface area contributed by atoms with Crippen molar-refractivity contribution >= 4 is 29.0 Å². The Morgan fingerprint density at radius 1 is 1.33 bits per heavy atom. The maximum absolute atomic E-state index is 12.7. The maximum atomic E-state index is 12.7. The predicted octanol–water partition coefficient (Wildman–Crippen LogP) is 1.57. The number of anilines is 3. The van der Waals surface area contributed by atoms with Gasteiger partial charge in [0, 0.05) is 12.2 Å². The van der Waals surface area contributed by atoms with E-state index in [1.54, 1.807) is 4.90 Å². The first-order valence-electron chi connectivity index (χ1n) is 7.46. The van der Waals surface area contributed by atoms with Gasteiger partial charge in [0.1, 0.15) is 12.2 Å². The number of piperidine rings is 1. The summed E-state index contributed by atoms with van der Waals surface area (Å²) in [4.78, 5) is 32.2. The molecule has 9 heteroatoms. The Hall–Kier alpha value is -3.23. The third-order valence-corrected chi connectivity index (χ3v) is 3.80. The fourth-order valence-electron chi connectivity index (χ4n) is 2.63. The largest absolute Gasteiger partial charge is 0.378 e. The second-order valence-corrected chi connectivity index (χ2v) is 5.39. The van der Waals surface area contributed by atoms with Gasteiger partial charge in [0.05, 0.1) is 4.92 Å². The number of nitrogen functional groups attached to an aromatic ring is 1. The van der Waals surface area contributed by atoms with Crippen LogP contribution in [-0.4, -0.2) is 33.4 Å². The van der Waals surface area contributed by atoms with E-state index in [-0.39, 0.29) is 23.4 Å². The molecule has 1 fully saturated rings. The molecular formula is C15H16N6O3. The van der Waals surface area contributed by atoms with Gasteiger partial charge in [-0.2, -0.15) is 4.98 Å². The Labute approximate surface area is 137 Å². The molecule has 0 unspecified atom stereocenters. The number of para-hydroxylation sites is 1. The van der Waals surface area contributed by atoms with Crippen LogP contribution in [0.5, 0.6) is 0 Å². The number of hydrogen-bond acceptors (Lipinski definition) is 7. The smallest absolute Gasteiger partial charge is 0.329 e. The summed E-state index contributed by atoms with van der Waals surface area (Å²) in [5.41, 5.74) is 6.02. The lowest BCUT2D eigenvalue weighted by atomic mass is 10.0. The number of amides is 1. The molecule has 3 rings (SSSR count). The molecule has 124 valence electrons. The highest BCUT2D eigenvalue weighted by Gasteiger charge is 2.30. The quantitative estimate of drug-likeness (QED) is 0.644. The van der Waals surface area contributed by atoms with Crippen molar-refractivity contribution in [2.45, 2.75) is 18.9 Å². The summed E-state index contributed by atoms with van der Waals surface area (Å²) in [7, 11) is 0. The van der Waals surface area contributed by atoms with Crippen molar-refractivity contribution < 1.29 is 9.72 Å².